The number of amides is 1. The van der Waals surface area contributed by atoms with Gasteiger partial charge in [-0.25, -0.2) is 0 Å². The second kappa shape index (κ2) is 5.41. The topological polar surface area (TPSA) is 26.8 Å². The van der Waals surface area contributed by atoms with Crippen molar-refractivity contribution in [3.05, 3.63) is 0 Å². The molecule has 1 aliphatic carbocycles. The van der Waals surface area contributed by atoms with Crippen LogP contribution in [0.5, 0.6) is 0 Å². The lowest BCUT2D eigenvalue weighted by Gasteiger charge is -2.34. The van der Waals surface area contributed by atoms with Gasteiger partial charge in [0.05, 0.1) is 6.54 Å². The maximum absolute atomic E-state index is 12.5. The number of carbonyl (C=O) groups is 1. The van der Waals surface area contributed by atoms with E-state index in [4.69, 9.17) is 0 Å². The molecule has 0 spiro atoms. The maximum atomic E-state index is 12.5. The number of nitrogens with zero attached hydrogens (tertiary/aromatic N) is 3. The van der Waals surface area contributed by atoms with E-state index < -0.39 is 0 Å². The molecule has 0 bridgehead atoms. The molecule has 0 radical (unpaired) electrons. The van der Waals surface area contributed by atoms with Crippen LogP contribution in [0.25, 0.3) is 0 Å². The van der Waals surface area contributed by atoms with Crippen LogP contribution in [-0.2, 0) is 4.79 Å². The molecule has 0 aromatic rings. The molecule has 4 nitrogen and oxygen atoms in total. The molecule has 0 aromatic carbocycles. The summed E-state index contributed by atoms with van der Waals surface area (Å²) in [4.78, 5) is 19.4. The number of hydrogen-bond acceptors (Lipinski definition) is 3. The van der Waals surface area contributed by atoms with E-state index in [0.717, 1.165) is 6.54 Å². The summed E-state index contributed by atoms with van der Waals surface area (Å²) in [7, 11) is 4.32. The van der Waals surface area contributed by atoms with Crippen LogP contribution in [0, 0.1) is 0 Å². The van der Waals surface area contributed by atoms with E-state index in [-0.39, 0.29) is 0 Å². The Hall–Kier alpha value is -0.610. The van der Waals surface area contributed by atoms with Gasteiger partial charge in [0.25, 0.3) is 0 Å². The third kappa shape index (κ3) is 2.79. The minimum Gasteiger partial charge on any atom is -0.337 e. The molecule has 1 saturated carbocycles. The van der Waals surface area contributed by atoms with E-state index in [9.17, 15) is 4.79 Å². The van der Waals surface area contributed by atoms with Crippen LogP contribution in [0.3, 0.4) is 0 Å². The number of likely N-dealkylation sites (N-methyl/N-ethyl adjacent to an activating group) is 2. The molecule has 4 heteroatoms. The summed E-state index contributed by atoms with van der Waals surface area (Å²) in [6.45, 7) is 2.80. The highest BCUT2D eigenvalue weighted by atomic mass is 16.2. The minimum absolute atomic E-state index is 0.359. The summed E-state index contributed by atoms with van der Waals surface area (Å²) in [5.41, 5.74) is 0. The summed E-state index contributed by atoms with van der Waals surface area (Å²) in [6.07, 6.45) is 7.50. The van der Waals surface area contributed by atoms with E-state index in [2.05, 4.69) is 28.8 Å². The van der Waals surface area contributed by atoms with Gasteiger partial charge in [0.2, 0.25) is 5.91 Å². The zero-order chi connectivity index (χ0) is 13.4. The van der Waals surface area contributed by atoms with Crippen molar-refractivity contribution in [1.82, 2.24) is 14.7 Å². The fourth-order valence-electron chi connectivity index (χ4n) is 3.87. The normalized spacial score (nSPS) is 32.5. The second-order valence-corrected chi connectivity index (χ2v) is 6.63. The summed E-state index contributed by atoms with van der Waals surface area (Å²) in [6, 6.07) is 1.77. The Bertz CT molecular complexity index is 342. The Kier molecular flexibility index (Phi) is 3.81. The van der Waals surface area contributed by atoms with Gasteiger partial charge >= 0.3 is 0 Å². The average molecular weight is 265 g/mol. The molecule has 0 unspecified atom stereocenters. The van der Waals surface area contributed by atoms with Gasteiger partial charge in [-0.3, -0.25) is 9.69 Å². The lowest BCUT2D eigenvalue weighted by Crippen LogP contribution is -2.49. The molecule has 1 amide bonds. The first kappa shape index (κ1) is 13.4. The van der Waals surface area contributed by atoms with Crippen LogP contribution in [0.4, 0.5) is 0 Å². The van der Waals surface area contributed by atoms with Crippen molar-refractivity contribution < 1.29 is 4.79 Å². The van der Waals surface area contributed by atoms with Gasteiger partial charge in [-0.15, -0.1) is 0 Å². The SMILES string of the molecule is CN(CC(=O)N1CCC[C@@H]1[C@@H]1CCCN1C)C1CC1. The number of hydrogen-bond donors (Lipinski definition) is 0. The molecule has 3 fully saturated rings. The summed E-state index contributed by atoms with van der Waals surface area (Å²) in [5, 5.41) is 0. The van der Waals surface area contributed by atoms with Crippen LogP contribution < -0.4 is 0 Å². The number of likely N-dealkylation sites (tertiary alicyclic amines) is 2. The van der Waals surface area contributed by atoms with E-state index in [0.29, 0.717) is 30.6 Å². The summed E-state index contributed by atoms with van der Waals surface area (Å²) >= 11 is 0. The Morgan fingerprint density at radius 2 is 1.79 bits per heavy atom. The first-order valence-corrected chi connectivity index (χ1v) is 7.87. The predicted molar refractivity (Wildman–Crippen MR) is 76.0 cm³/mol. The fourth-order valence-corrected chi connectivity index (χ4v) is 3.87. The molecular weight excluding hydrogens is 238 g/mol. The fraction of sp³-hybridized carbons (Fsp3) is 0.933. The van der Waals surface area contributed by atoms with Gasteiger partial charge < -0.3 is 9.80 Å². The first-order valence-electron chi connectivity index (χ1n) is 7.87. The molecule has 3 aliphatic rings. The molecule has 2 aliphatic heterocycles. The van der Waals surface area contributed by atoms with Crippen molar-refractivity contribution >= 4 is 5.91 Å². The van der Waals surface area contributed by atoms with Crippen molar-refractivity contribution in [1.29, 1.82) is 0 Å². The van der Waals surface area contributed by atoms with Gasteiger partial charge in [-0.1, -0.05) is 0 Å². The van der Waals surface area contributed by atoms with Crippen LogP contribution in [0.15, 0.2) is 0 Å². The Morgan fingerprint density at radius 3 is 2.42 bits per heavy atom. The summed E-state index contributed by atoms with van der Waals surface area (Å²) in [5.74, 6) is 0.359. The van der Waals surface area contributed by atoms with Gasteiger partial charge in [-0.2, -0.15) is 0 Å². The predicted octanol–water partition coefficient (Wildman–Crippen LogP) is 1.17. The quantitative estimate of drug-likeness (QED) is 0.763. The lowest BCUT2D eigenvalue weighted by molar-refractivity contribution is -0.134. The zero-order valence-electron chi connectivity index (χ0n) is 12.3. The van der Waals surface area contributed by atoms with E-state index in [1.807, 2.05) is 0 Å². The van der Waals surface area contributed by atoms with Crippen molar-refractivity contribution in [2.45, 2.75) is 56.7 Å². The first-order chi connectivity index (χ1) is 9.16. The molecule has 0 aromatic heterocycles. The highest BCUT2D eigenvalue weighted by Crippen LogP contribution is 2.30. The monoisotopic (exact) mass is 265 g/mol. The van der Waals surface area contributed by atoms with Gasteiger partial charge in [-0.05, 0) is 59.2 Å². The Balaban J connectivity index is 1.60. The third-order valence-corrected chi connectivity index (χ3v) is 5.20. The standard InChI is InChI=1S/C15H27N3O/c1-16-9-3-5-13(16)14-6-4-10-18(14)15(19)11-17(2)12-7-8-12/h12-14H,3-11H2,1-2H3/t13-,14+/m0/s1. The third-order valence-electron chi connectivity index (χ3n) is 5.20. The number of rotatable bonds is 4. The largest absolute Gasteiger partial charge is 0.337 e. The molecule has 3 rings (SSSR count). The Labute approximate surface area is 116 Å². The van der Waals surface area contributed by atoms with Crippen molar-refractivity contribution in [2.75, 3.05) is 33.7 Å². The molecule has 2 saturated heterocycles. The van der Waals surface area contributed by atoms with Crippen molar-refractivity contribution in [3.8, 4) is 0 Å². The minimum atomic E-state index is 0.359. The van der Waals surface area contributed by atoms with Crippen molar-refractivity contribution in [3.63, 3.8) is 0 Å². The van der Waals surface area contributed by atoms with E-state index >= 15 is 0 Å². The maximum Gasteiger partial charge on any atom is 0.237 e. The van der Waals surface area contributed by atoms with Gasteiger partial charge in [0.15, 0.2) is 0 Å². The van der Waals surface area contributed by atoms with Gasteiger partial charge in [0, 0.05) is 24.7 Å². The highest BCUT2D eigenvalue weighted by Gasteiger charge is 2.39. The van der Waals surface area contributed by atoms with E-state index in [1.54, 1.807) is 0 Å². The summed E-state index contributed by atoms with van der Waals surface area (Å²) < 4.78 is 0. The lowest BCUT2D eigenvalue weighted by atomic mass is 10.0. The molecular formula is C15H27N3O. The smallest absolute Gasteiger partial charge is 0.237 e. The van der Waals surface area contributed by atoms with Crippen LogP contribution >= 0.6 is 0 Å². The van der Waals surface area contributed by atoms with Crippen LogP contribution in [0.2, 0.25) is 0 Å². The number of carbonyl (C=O) groups excluding carboxylic acids is 1. The Morgan fingerprint density at radius 1 is 1.11 bits per heavy atom. The molecule has 19 heavy (non-hydrogen) atoms. The second-order valence-electron chi connectivity index (χ2n) is 6.63. The van der Waals surface area contributed by atoms with Crippen molar-refractivity contribution in [2.24, 2.45) is 0 Å². The van der Waals surface area contributed by atoms with Crippen LogP contribution in [-0.4, -0.2) is 72.5 Å². The molecule has 108 valence electrons. The van der Waals surface area contributed by atoms with Gasteiger partial charge in [0.1, 0.15) is 0 Å². The molecule has 0 N–H and O–H groups in total. The zero-order valence-corrected chi connectivity index (χ0v) is 12.3. The average Bonchev–Trinajstić information content (AvgIpc) is 2.97. The van der Waals surface area contributed by atoms with Crippen LogP contribution in [0.1, 0.15) is 38.5 Å². The molecule has 2 atom stereocenters. The molecule has 2 heterocycles. The highest BCUT2D eigenvalue weighted by molar-refractivity contribution is 5.79. The van der Waals surface area contributed by atoms with E-state index in [1.165, 1.54) is 45.1 Å².